The molecule has 0 N–H and O–H groups in total. The molecule has 1 saturated heterocycles. The molecule has 2 atom stereocenters. The van der Waals surface area contributed by atoms with Crippen molar-refractivity contribution in [3.8, 4) is 17.3 Å². The summed E-state index contributed by atoms with van der Waals surface area (Å²) >= 11 is 0. The fourth-order valence-electron chi connectivity index (χ4n) is 8.37. The van der Waals surface area contributed by atoms with Crippen molar-refractivity contribution in [2.45, 2.75) is 65.2 Å². The lowest BCUT2D eigenvalue weighted by molar-refractivity contribution is 0.418. The topological polar surface area (TPSA) is 27.1 Å². The Kier molecular flexibility index (Phi) is 6.93. The maximum Gasteiger partial charge on any atom is 0.225 e. The number of ether oxygens (including phenoxy) is 1. The van der Waals surface area contributed by atoms with E-state index in [1.54, 1.807) is 0 Å². The molecule has 2 aliphatic rings. The van der Waals surface area contributed by atoms with Crippen molar-refractivity contribution in [2.75, 3.05) is 0 Å². The van der Waals surface area contributed by atoms with Crippen LogP contribution in [0.3, 0.4) is 0 Å². The zero-order valence-corrected chi connectivity index (χ0v) is 30.4. The molecule has 4 heterocycles. The van der Waals surface area contributed by atoms with E-state index in [4.69, 9.17) is 9.72 Å². The van der Waals surface area contributed by atoms with Gasteiger partial charge in [-0.05, 0) is 71.2 Å². The van der Waals surface area contributed by atoms with Crippen LogP contribution in [-0.2, 0) is 10.8 Å². The number of rotatable bonds is 8. The third-order valence-corrected chi connectivity index (χ3v) is 11.8. The summed E-state index contributed by atoms with van der Waals surface area (Å²) in [6.45, 7) is 16.2. The molecule has 0 aliphatic carbocycles. The average molecular weight is 670 g/mol. The second kappa shape index (κ2) is 11.1. The third-order valence-electron chi connectivity index (χ3n) is 11.8. The monoisotopic (exact) mass is 669 g/mol. The number of hydrogen-bond donors (Lipinski definition) is 0. The summed E-state index contributed by atoms with van der Waals surface area (Å²) < 4.78 is 10.3. The molecule has 1 unspecified atom stereocenters. The molecule has 0 amide bonds. The summed E-state index contributed by atoms with van der Waals surface area (Å²) in [5.74, 6) is 2.52. The number of nitrogens with zero attached hydrogens (tertiary/aromatic N) is 4. The number of pyridine rings is 1. The van der Waals surface area contributed by atoms with Gasteiger partial charge in [0.1, 0.15) is 17.3 Å². The van der Waals surface area contributed by atoms with E-state index < -0.39 is 0 Å². The molecule has 7 aromatic rings. The van der Waals surface area contributed by atoms with Gasteiger partial charge < -0.3 is 4.74 Å². The first-order valence-electron chi connectivity index (χ1n) is 18.3. The maximum atomic E-state index is 6.73. The van der Waals surface area contributed by atoms with E-state index in [-0.39, 0.29) is 10.8 Å². The van der Waals surface area contributed by atoms with Crippen LogP contribution < -0.4 is 13.9 Å². The predicted octanol–water partition coefficient (Wildman–Crippen LogP) is 12.7. The predicted molar refractivity (Wildman–Crippen MR) is 212 cm³/mol. The fourth-order valence-corrected chi connectivity index (χ4v) is 8.37. The van der Waals surface area contributed by atoms with Gasteiger partial charge in [-0.15, -0.1) is 0 Å². The Bertz CT molecular complexity index is 2480. The molecule has 0 radical (unpaired) electrons. The number of hydrogen-bond acceptors (Lipinski definition) is 2. The fraction of sp³-hybridized carbons (Fsp3) is 0.217. The van der Waals surface area contributed by atoms with Crippen molar-refractivity contribution in [3.05, 3.63) is 151 Å². The van der Waals surface area contributed by atoms with Crippen LogP contribution in [0.5, 0.6) is 11.5 Å². The SMILES string of the molecule is CCC(C)(CC)c1cccc([N@+]23[CH-][N+]2(c2cccc(Oc4ccc5c6ccccc6n(-c6cc(C(C)(C)C)ccn6)c5c4)c2)c2ccccc23)c1. The van der Waals surface area contributed by atoms with Gasteiger partial charge in [-0.1, -0.05) is 90.1 Å². The molecule has 254 valence electrons. The Hall–Kier alpha value is -5.23. The van der Waals surface area contributed by atoms with E-state index >= 15 is 0 Å². The van der Waals surface area contributed by atoms with Crippen LogP contribution >= 0.6 is 0 Å². The van der Waals surface area contributed by atoms with Crippen LogP contribution in [0.2, 0.25) is 0 Å². The van der Waals surface area contributed by atoms with Crippen molar-refractivity contribution in [2.24, 2.45) is 0 Å². The lowest BCUT2D eigenvalue weighted by Crippen LogP contribution is -2.46. The normalized spacial score (nSPS) is 19.4. The first-order chi connectivity index (χ1) is 24.6. The van der Waals surface area contributed by atoms with Crippen LogP contribution in [0.1, 0.15) is 65.5 Å². The summed E-state index contributed by atoms with van der Waals surface area (Å²) in [6, 6.07) is 46.1. The molecule has 5 heteroatoms. The van der Waals surface area contributed by atoms with Crippen molar-refractivity contribution < 1.29 is 4.74 Å². The molecule has 0 spiro atoms. The highest BCUT2D eigenvalue weighted by Crippen LogP contribution is 2.75. The Labute approximate surface area is 301 Å². The van der Waals surface area contributed by atoms with Gasteiger partial charge in [0, 0.05) is 59.4 Å². The Morgan fingerprint density at radius 1 is 0.608 bits per heavy atom. The molecule has 9 rings (SSSR count). The van der Waals surface area contributed by atoms with Gasteiger partial charge in [0.15, 0.2) is 18.0 Å². The van der Waals surface area contributed by atoms with E-state index in [2.05, 4.69) is 180 Å². The molecule has 2 aromatic heterocycles. The number of quaternary nitrogens is 2. The zero-order chi connectivity index (χ0) is 35.2. The molecule has 5 nitrogen and oxygen atoms in total. The van der Waals surface area contributed by atoms with Crippen LogP contribution in [0, 0.1) is 6.67 Å². The standard InChI is InChI=1S/C46H45N4O/c1-7-46(6,8-2)33-15-13-16-34(27-33)49-31-50(49,43-22-12-11-21-42(43)49)35-17-14-18-36(29-35)51-37-23-24-39-38-19-9-10-20-40(38)48(41(39)30-37)44-28-32(25-26-47-44)45(3,4)5/h9-31H,7-8H2,1-6H3/q+1/t49-,50?/m0/s1. The summed E-state index contributed by atoms with van der Waals surface area (Å²) in [4.78, 5) is 4.86. The Morgan fingerprint density at radius 2 is 1.25 bits per heavy atom. The number of para-hydroxylation sites is 3. The highest BCUT2D eigenvalue weighted by molar-refractivity contribution is 6.09. The van der Waals surface area contributed by atoms with E-state index in [1.165, 1.54) is 44.6 Å². The number of fused-ring (bicyclic) bond motifs is 7. The Balaban J connectivity index is 1.11. The lowest BCUT2D eigenvalue weighted by atomic mass is 9.78. The van der Waals surface area contributed by atoms with Crippen LogP contribution in [-0.4, -0.2) is 9.55 Å². The minimum absolute atomic E-state index is 0.0123. The van der Waals surface area contributed by atoms with Crippen molar-refractivity contribution in [3.63, 3.8) is 0 Å². The smallest absolute Gasteiger partial charge is 0.225 e. The van der Waals surface area contributed by atoms with E-state index in [1.807, 2.05) is 6.20 Å². The number of aromatic nitrogens is 2. The van der Waals surface area contributed by atoms with Gasteiger partial charge in [0.05, 0.1) is 11.0 Å². The highest BCUT2D eigenvalue weighted by Gasteiger charge is 2.77. The summed E-state index contributed by atoms with van der Waals surface area (Å²) in [7, 11) is 0. The van der Waals surface area contributed by atoms with E-state index in [0.717, 1.165) is 41.2 Å². The third kappa shape index (κ3) is 4.51. The molecule has 0 bridgehead atoms. The van der Waals surface area contributed by atoms with E-state index in [9.17, 15) is 0 Å². The van der Waals surface area contributed by atoms with Crippen molar-refractivity contribution in [1.29, 1.82) is 0 Å². The molecular weight excluding hydrogens is 625 g/mol. The van der Waals surface area contributed by atoms with Gasteiger partial charge in [0.2, 0.25) is 11.4 Å². The van der Waals surface area contributed by atoms with Crippen LogP contribution in [0.4, 0.5) is 22.7 Å². The highest BCUT2D eigenvalue weighted by atomic mass is 16.5. The first kappa shape index (κ1) is 31.7. The second-order valence-electron chi connectivity index (χ2n) is 15.6. The lowest BCUT2D eigenvalue weighted by Gasteiger charge is -2.40. The quantitative estimate of drug-likeness (QED) is 0.0915. The van der Waals surface area contributed by atoms with Gasteiger partial charge in [-0.3, -0.25) is 4.57 Å². The molecular formula is C46H45N4O+. The molecule has 51 heavy (non-hydrogen) atoms. The van der Waals surface area contributed by atoms with Gasteiger partial charge in [0.25, 0.3) is 0 Å². The van der Waals surface area contributed by atoms with E-state index in [0.29, 0.717) is 9.18 Å². The first-order valence-corrected chi connectivity index (χ1v) is 18.3. The summed E-state index contributed by atoms with van der Waals surface area (Å²) in [5.41, 5.74) is 10.1. The molecule has 2 aliphatic heterocycles. The maximum absolute atomic E-state index is 6.73. The molecule has 5 aromatic carbocycles. The molecule has 0 saturated carbocycles. The average Bonchev–Trinajstić information content (AvgIpc) is 3.65. The zero-order valence-electron chi connectivity index (χ0n) is 30.4. The number of benzene rings is 5. The minimum Gasteiger partial charge on any atom is -0.457 e. The summed E-state index contributed by atoms with van der Waals surface area (Å²) in [5, 5.41) is 2.38. The van der Waals surface area contributed by atoms with Crippen LogP contribution in [0.25, 0.3) is 27.6 Å². The minimum atomic E-state index is 0.0123. The Morgan fingerprint density at radius 3 is 1.98 bits per heavy atom. The van der Waals surface area contributed by atoms with Crippen LogP contribution in [0.15, 0.2) is 134 Å². The van der Waals surface area contributed by atoms with Gasteiger partial charge in [-0.2, -0.15) is 9.18 Å². The largest absolute Gasteiger partial charge is 0.457 e. The molecule has 1 fully saturated rings. The van der Waals surface area contributed by atoms with Gasteiger partial charge >= 0.3 is 0 Å². The second-order valence-corrected chi connectivity index (χ2v) is 15.6. The van der Waals surface area contributed by atoms with Gasteiger partial charge in [-0.25, -0.2) is 4.98 Å². The van der Waals surface area contributed by atoms with Crippen molar-refractivity contribution >= 4 is 44.6 Å². The van der Waals surface area contributed by atoms with Crippen molar-refractivity contribution in [1.82, 2.24) is 18.7 Å². The summed E-state index contributed by atoms with van der Waals surface area (Å²) in [6.07, 6.45) is 4.15.